The Morgan fingerprint density at radius 1 is 1.52 bits per heavy atom. The van der Waals surface area contributed by atoms with Crippen LogP contribution in [0.3, 0.4) is 0 Å². The van der Waals surface area contributed by atoms with Crippen LogP contribution in [0.5, 0.6) is 0 Å². The van der Waals surface area contributed by atoms with Crippen molar-refractivity contribution in [2.75, 3.05) is 6.54 Å². The number of carboxylic acids is 1. The Morgan fingerprint density at radius 2 is 2.10 bits per heavy atom. The molecule has 2 aliphatic rings. The number of hydroxylamine groups is 2. The van der Waals surface area contributed by atoms with Crippen molar-refractivity contribution in [3.8, 4) is 0 Å². The molecule has 8 nitrogen and oxygen atoms in total. The zero-order valence-electron chi connectivity index (χ0n) is 10.2. The summed E-state index contributed by atoms with van der Waals surface area (Å²) < 4.78 is 26.1. The molecule has 0 aromatic carbocycles. The third kappa shape index (κ3) is 2.88. The van der Waals surface area contributed by atoms with Gasteiger partial charge < -0.3 is 15.7 Å². The molecule has 1 saturated heterocycles. The molecule has 3 amide bonds. The summed E-state index contributed by atoms with van der Waals surface area (Å²) in [5, 5.41) is 8.56. The SMILES string of the molecule is CC1=C[C@@H]2CN(C(=O)N2OC(F)(F)C(=O)O)[C@@H]1C(N)=O.[LiH]. The van der Waals surface area contributed by atoms with Crippen molar-refractivity contribution in [1.29, 1.82) is 0 Å². The number of amides is 3. The molecule has 0 aliphatic carbocycles. The molecule has 0 unspecified atom stereocenters. The van der Waals surface area contributed by atoms with Gasteiger partial charge in [-0.2, -0.15) is 18.7 Å². The molecule has 0 aromatic heterocycles. The summed E-state index contributed by atoms with van der Waals surface area (Å²) in [6.45, 7) is 1.43. The second kappa shape index (κ2) is 5.63. The number of carbonyl (C=O) groups excluding carboxylic acids is 2. The van der Waals surface area contributed by atoms with E-state index in [1.165, 1.54) is 13.0 Å². The zero-order valence-corrected chi connectivity index (χ0v) is 10.2. The third-order valence-electron chi connectivity index (χ3n) is 3.05. The number of carbonyl (C=O) groups is 3. The number of halogens is 2. The van der Waals surface area contributed by atoms with Crippen LogP contribution >= 0.6 is 0 Å². The van der Waals surface area contributed by atoms with Crippen molar-refractivity contribution in [1.82, 2.24) is 9.96 Å². The Labute approximate surface area is 129 Å². The maximum absolute atomic E-state index is 13.0. The van der Waals surface area contributed by atoms with Crippen molar-refractivity contribution < 1.29 is 33.1 Å². The van der Waals surface area contributed by atoms with Gasteiger partial charge in [0.25, 0.3) is 0 Å². The van der Waals surface area contributed by atoms with Gasteiger partial charge in [-0.1, -0.05) is 6.08 Å². The summed E-state index contributed by atoms with van der Waals surface area (Å²) in [4.78, 5) is 38.5. The summed E-state index contributed by atoms with van der Waals surface area (Å²) in [7, 11) is 0. The van der Waals surface area contributed by atoms with Crippen LogP contribution in [-0.4, -0.2) is 76.6 Å². The van der Waals surface area contributed by atoms with Gasteiger partial charge in [-0.25, -0.2) is 9.59 Å². The Kier molecular flexibility index (Phi) is 4.67. The van der Waals surface area contributed by atoms with Gasteiger partial charge in [0.15, 0.2) is 0 Å². The van der Waals surface area contributed by atoms with Crippen LogP contribution in [-0.2, 0) is 14.4 Å². The average molecular weight is 299 g/mol. The zero-order chi connectivity index (χ0) is 15.2. The van der Waals surface area contributed by atoms with E-state index in [0.717, 1.165) is 4.90 Å². The number of nitrogens with zero attached hydrogens (tertiary/aromatic N) is 2. The Balaban J connectivity index is 0.00000220. The van der Waals surface area contributed by atoms with Gasteiger partial charge in [0.1, 0.15) is 6.04 Å². The van der Waals surface area contributed by atoms with Crippen molar-refractivity contribution >= 4 is 36.8 Å². The van der Waals surface area contributed by atoms with E-state index in [2.05, 4.69) is 4.84 Å². The minimum atomic E-state index is -4.54. The number of fused-ring (bicyclic) bond motifs is 2. The van der Waals surface area contributed by atoms with Gasteiger partial charge in [-0.15, -0.1) is 0 Å². The Morgan fingerprint density at radius 3 is 2.57 bits per heavy atom. The van der Waals surface area contributed by atoms with Gasteiger partial charge >= 0.3 is 37.0 Å². The van der Waals surface area contributed by atoms with E-state index in [-0.39, 0.29) is 30.5 Å². The summed E-state index contributed by atoms with van der Waals surface area (Å²) in [6, 6.07) is -2.98. The molecule has 3 N–H and O–H groups in total. The van der Waals surface area contributed by atoms with E-state index in [1.54, 1.807) is 0 Å². The molecule has 2 atom stereocenters. The van der Waals surface area contributed by atoms with Gasteiger partial charge in [-0.05, 0) is 12.5 Å². The summed E-state index contributed by atoms with van der Waals surface area (Å²) >= 11 is 0. The summed E-state index contributed by atoms with van der Waals surface area (Å²) in [5.41, 5.74) is 5.56. The fraction of sp³-hybridized carbons (Fsp3) is 0.500. The molecule has 21 heavy (non-hydrogen) atoms. The molecule has 2 aliphatic heterocycles. The van der Waals surface area contributed by atoms with Gasteiger partial charge in [-0.3, -0.25) is 4.79 Å². The summed E-state index contributed by atoms with van der Waals surface area (Å²) in [6.07, 6.45) is -3.17. The number of alkyl halides is 2. The molecular formula is C10H12F2LiN3O5. The van der Waals surface area contributed by atoms with Crippen LogP contribution in [0.25, 0.3) is 0 Å². The van der Waals surface area contributed by atoms with E-state index < -0.39 is 36.1 Å². The van der Waals surface area contributed by atoms with Crippen LogP contribution in [0.15, 0.2) is 11.6 Å². The monoisotopic (exact) mass is 299 g/mol. The number of primary amides is 1. The Hall–Kier alpha value is -1.63. The van der Waals surface area contributed by atoms with Crippen molar-refractivity contribution in [3.63, 3.8) is 0 Å². The molecule has 0 saturated carbocycles. The molecular weight excluding hydrogens is 287 g/mol. The molecule has 112 valence electrons. The molecule has 0 aromatic rings. The summed E-state index contributed by atoms with van der Waals surface area (Å²) in [5.74, 6) is -3.33. The first-order chi connectivity index (χ1) is 9.15. The first-order valence-electron chi connectivity index (χ1n) is 5.53. The van der Waals surface area contributed by atoms with Gasteiger partial charge in [0, 0.05) is 0 Å². The van der Waals surface area contributed by atoms with E-state index >= 15 is 0 Å². The fourth-order valence-electron chi connectivity index (χ4n) is 2.25. The fourth-order valence-corrected chi connectivity index (χ4v) is 2.25. The van der Waals surface area contributed by atoms with Crippen molar-refractivity contribution in [2.45, 2.75) is 25.1 Å². The van der Waals surface area contributed by atoms with E-state index in [4.69, 9.17) is 10.8 Å². The number of aliphatic carboxylic acids is 1. The minimum absolute atomic E-state index is 0. The normalized spacial score (nSPS) is 24.5. The van der Waals surface area contributed by atoms with E-state index in [9.17, 15) is 23.2 Å². The number of rotatable bonds is 4. The van der Waals surface area contributed by atoms with Crippen LogP contribution in [0.2, 0.25) is 0 Å². The Bertz CT molecular complexity index is 527. The molecule has 1 fully saturated rings. The second-order valence-corrected chi connectivity index (χ2v) is 4.46. The third-order valence-corrected chi connectivity index (χ3v) is 3.05. The predicted octanol–water partition coefficient (Wildman–Crippen LogP) is -1.13. The van der Waals surface area contributed by atoms with Gasteiger partial charge in [0.05, 0.1) is 12.6 Å². The number of nitrogens with two attached hydrogens (primary N) is 1. The molecule has 2 heterocycles. The van der Waals surface area contributed by atoms with Crippen LogP contribution in [0.1, 0.15) is 6.92 Å². The van der Waals surface area contributed by atoms with Crippen LogP contribution in [0.4, 0.5) is 13.6 Å². The van der Waals surface area contributed by atoms with E-state index in [0.29, 0.717) is 5.57 Å². The van der Waals surface area contributed by atoms with Crippen molar-refractivity contribution in [2.24, 2.45) is 5.73 Å². The molecule has 2 rings (SSSR count). The predicted molar refractivity (Wildman–Crippen MR) is 65.3 cm³/mol. The van der Waals surface area contributed by atoms with E-state index in [1.807, 2.05) is 0 Å². The maximum atomic E-state index is 13.0. The van der Waals surface area contributed by atoms with Gasteiger partial charge in [0.2, 0.25) is 5.91 Å². The number of hydrogen-bond donors (Lipinski definition) is 2. The number of carboxylic acid groups (broad SMARTS) is 1. The van der Waals surface area contributed by atoms with Crippen molar-refractivity contribution in [3.05, 3.63) is 11.6 Å². The second-order valence-electron chi connectivity index (χ2n) is 4.46. The molecule has 11 heteroatoms. The molecule has 2 bridgehead atoms. The number of hydrogen-bond acceptors (Lipinski definition) is 4. The number of urea groups is 1. The molecule has 0 radical (unpaired) electrons. The first kappa shape index (κ1) is 17.4. The first-order valence-corrected chi connectivity index (χ1v) is 5.53. The molecule has 0 spiro atoms. The van der Waals surface area contributed by atoms with Crippen LogP contribution in [0, 0.1) is 0 Å². The van der Waals surface area contributed by atoms with Crippen LogP contribution < -0.4 is 5.73 Å². The average Bonchev–Trinajstić information content (AvgIpc) is 2.54. The standard InChI is InChI=1S/C10H11F2N3O5.Li.H/c1-4-2-5-3-14(6(4)7(13)16)9(19)15(5)20-10(11,12)8(17)18;;/h2,5-6H,3H2,1H3,(H2,13,16)(H,17,18);;/t5-,6+;;/m1../s1. The quantitative estimate of drug-likeness (QED) is 0.503. The topological polar surface area (TPSA) is 113 Å².